The normalized spacial score (nSPS) is 26.9. The van der Waals surface area contributed by atoms with Gasteiger partial charge >= 0.3 is 0 Å². The zero-order valence-electron chi connectivity index (χ0n) is 17.4. The second-order valence-corrected chi connectivity index (χ2v) is 8.92. The average Bonchev–Trinajstić information content (AvgIpc) is 3.20. The van der Waals surface area contributed by atoms with Crippen molar-refractivity contribution in [3.8, 4) is 0 Å². The lowest BCUT2D eigenvalue weighted by Crippen LogP contribution is -2.53. The summed E-state index contributed by atoms with van der Waals surface area (Å²) in [6.07, 6.45) is 7.39. The Hall–Kier alpha value is -1.99. The molecule has 3 saturated heterocycles. The number of aromatic nitrogens is 1. The summed E-state index contributed by atoms with van der Waals surface area (Å²) in [6, 6.07) is 6.09. The molecule has 0 aromatic carbocycles. The van der Waals surface area contributed by atoms with Crippen molar-refractivity contribution in [2.45, 2.75) is 58.0 Å². The molecule has 3 fully saturated rings. The number of hydrogen-bond acceptors (Lipinski definition) is 5. The van der Waals surface area contributed by atoms with Gasteiger partial charge in [0.1, 0.15) is 0 Å². The van der Waals surface area contributed by atoms with Crippen LogP contribution in [-0.4, -0.2) is 58.8 Å². The number of piperidine rings is 2. The Morgan fingerprint density at radius 2 is 2.10 bits per heavy atom. The molecule has 7 heteroatoms. The van der Waals surface area contributed by atoms with Gasteiger partial charge in [0, 0.05) is 44.8 Å². The molecule has 4 heterocycles. The fourth-order valence-corrected chi connectivity index (χ4v) is 5.16. The first-order chi connectivity index (χ1) is 14.1. The van der Waals surface area contributed by atoms with Gasteiger partial charge in [0.25, 0.3) is 0 Å². The van der Waals surface area contributed by atoms with Gasteiger partial charge in [0.2, 0.25) is 11.8 Å². The monoisotopic (exact) mass is 399 g/mol. The van der Waals surface area contributed by atoms with E-state index in [1.165, 1.54) is 0 Å². The first-order valence-corrected chi connectivity index (χ1v) is 11.1. The minimum atomic E-state index is 0.0394. The zero-order valence-corrected chi connectivity index (χ0v) is 17.4. The van der Waals surface area contributed by atoms with Crippen LogP contribution in [0.25, 0.3) is 0 Å². The standard InChI is InChI=1S/C22H33N5O2/c1-2-5-19-18(14-24-25-19)21(29)26-12-9-22(10-13-26)8-7-20(28)27(16-22)15-17-6-3-4-11-23-17/h3-4,6,11,18-19,24-25H,2,5,7-10,12-16H2,1H3. The number of carbonyl (C=O) groups is 2. The summed E-state index contributed by atoms with van der Waals surface area (Å²) in [5.74, 6) is 0.552. The van der Waals surface area contributed by atoms with Crippen LogP contribution in [-0.2, 0) is 16.1 Å². The molecule has 2 amide bonds. The highest BCUT2D eigenvalue weighted by Crippen LogP contribution is 2.41. The number of nitrogens with one attached hydrogen (secondary N) is 2. The van der Waals surface area contributed by atoms with Crippen LogP contribution >= 0.6 is 0 Å². The molecule has 3 aliphatic rings. The lowest BCUT2D eigenvalue weighted by molar-refractivity contribution is -0.144. The van der Waals surface area contributed by atoms with Gasteiger partial charge in [-0.2, -0.15) is 0 Å². The molecule has 1 aromatic rings. The van der Waals surface area contributed by atoms with E-state index >= 15 is 0 Å². The Kier molecular flexibility index (Phi) is 6.15. The number of hydrazine groups is 1. The molecule has 2 atom stereocenters. The molecule has 0 radical (unpaired) electrons. The van der Waals surface area contributed by atoms with Crippen molar-refractivity contribution in [3.05, 3.63) is 30.1 Å². The molecule has 4 rings (SSSR count). The molecule has 2 unspecified atom stereocenters. The van der Waals surface area contributed by atoms with Gasteiger partial charge < -0.3 is 9.80 Å². The predicted octanol–water partition coefficient (Wildman–Crippen LogP) is 1.71. The number of rotatable bonds is 5. The molecule has 0 saturated carbocycles. The van der Waals surface area contributed by atoms with E-state index in [1.807, 2.05) is 23.1 Å². The lowest BCUT2D eigenvalue weighted by Gasteiger charge is -2.47. The van der Waals surface area contributed by atoms with Crippen LogP contribution in [0.3, 0.4) is 0 Å². The van der Waals surface area contributed by atoms with Crippen LogP contribution in [0.4, 0.5) is 0 Å². The van der Waals surface area contributed by atoms with E-state index in [0.717, 1.165) is 64.0 Å². The second-order valence-electron chi connectivity index (χ2n) is 8.92. The third-order valence-electron chi connectivity index (χ3n) is 6.97. The summed E-state index contributed by atoms with van der Waals surface area (Å²) < 4.78 is 0. The summed E-state index contributed by atoms with van der Waals surface area (Å²) in [5, 5.41) is 0. The molecular formula is C22H33N5O2. The molecular weight excluding hydrogens is 366 g/mol. The SMILES string of the molecule is CCCC1NNCC1C(=O)N1CCC2(CCC(=O)N(Cc3ccccn3)C2)CC1. The smallest absolute Gasteiger partial charge is 0.228 e. The molecule has 2 N–H and O–H groups in total. The highest BCUT2D eigenvalue weighted by Gasteiger charge is 2.43. The molecule has 1 spiro atoms. The minimum Gasteiger partial charge on any atom is -0.342 e. The van der Waals surface area contributed by atoms with E-state index in [9.17, 15) is 9.59 Å². The lowest BCUT2D eigenvalue weighted by atomic mass is 9.72. The zero-order chi connectivity index (χ0) is 20.3. The quantitative estimate of drug-likeness (QED) is 0.788. The Balaban J connectivity index is 1.35. The highest BCUT2D eigenvalue weighted by atomic mass is 16.2. The molecule has 1 aromatic heterocycles. The Labute approximate surface area is 173 Å². The van der Waals surface area contributed by atoms with E-state index in [-0.39, 0.29) is 29.2 Å². The third-order valence-corrected chi connectivity index (χ3v) is 6.97. The van der Waals surface area contributed by atoms with E-state index in [2.05, 4.69) is 27.7 Å². The summed E-state index contributed by atoms with van der Waals surface area (Å²) in [5.41, 5.74) is 7.53. The molecule has 0 aliphatic carbocycles. The van der Waals surface area contributed by atoms with Crippen LogP contribution < -0.4 is 10.9 Å². The number of pyridine rings is 1. The fraction of sp³-hybridized carbons (Fsp3) is 0.682. The van der Waals surface area contributed by atoms with Crippen LogP contribution in [0, 0.1) is 11.3 Å². The van der Waals surface area contributed by atoms with Gasteiger partial charge in [-0.15, -0.1) is 0 Å². The molecule has 0 bridgehead atoms. The van der Waals surface area contributed by atoms with Crippen LogP contribution in [0.15, 0.2) is 24.4 Å². The average molecular weight is 400 g/mol. The summed E-state index contributed by atoms with van der Waals surface area (Å²) >= 11 is 0. The van der Waals surface area contributed by atoms with Crippen molar-refractivity contribution >= 4 is 11.8 Å². The maximum Gasteiger partial charge on any atom is 0.228 e. The predicted molar refractivity (Wildman–Crippen MR) is 110 cm³/mol. The third kappa shape index (κ3) is 4.46. The van der Waals surface area contributed by atoms with Crippen LogP contribution in [0.2, 0.25) is 0 Å². The maximum atomic E-state index is 13.1. The Bertz CT molecular complexity index is 717. The van der Waals surface area contributed by atoms with Gasteiger partial charge in [0.05, 0.1) is 18.2 Å². The van der Waals surface area contributed by atoms with Crippen molar-refractivity contribution in [3.63, 3.8) is 0 Å². The van der Waals surface area contributed by atoms with Crippen molar-refractivity contribution < 1.29 is 9.59 Å². The van der Waals surface area contributed by atoms with Crippen molar-refractivity contribution in [1.29, 1.82) is 0 Å². The number of carbonyl (C=O) groups excluding carboxylic acids is 2. The van der Waals surface area contributed by atoms with E-state index in [0.29, 0.717) is 13.0 Å². The fourth-order valence-electron chi connectivity index (χ4n) is 5.16. The van der Waals surface area contributed by atoms with E-state index in [1.54, 1.807) is 6.20 Å². The van der Waals surface area contributed by atoms with Gasteiger partial charge in [-0.3, -0.25) is 25.4 Å². The van der Waals surface area contributed by atoms with Gasteiger partial charge in [-0.1, -0.05) is 19.4 Å². The highest BCUT2D eigenvalue weighted by molar-refractivity contribution is 5.80. The number of nitrogens with zero attached hydrogens (tertiary/aromatic N) is 3. The van der Waals surface area contributed by atoms with E-state index < -0.39 is 0 Å². The second kappa shape index (κ2) is 8.79. The molecule has 158 valence electrons. The van der Waals surface area contributed by atoms with Crippen LogP contribution in [0.5, 0.6) is 0 Å². The molecule has 7 nitrogen and oxygen atoms in total. The Morgan fingerprint density at radius 1 is 1.28 bits per heavy atom. The van der Waals surface area contributed by atoms with Crippen molar-refractivity contribution in [2.24, 2.45) is 11.3 Å². The summed E-state index contributed by atoms with van der Waals surface area (Å²) in [7, 11) is 0. The minimum absolute atomic E-state index is 0.0394. The topological polar surface area (TPSA) is 77.6 Å². The summed E-state index contributed by atoms with van der Waals surface area (Å²) in [4.78, 5) is 34.0. The van der Waals surface area contributed by atoms with Crippen molar-refractivity contribution in [2.75, 3.05) is 26.2 Å². The number of hydrogen-bond donors (Lipinski definition) is 2. The molecule has 3 aliphatic heterocycles. The Morgan fingerprint density at radius 3 is 2.83 bits per heavy atom. The van der Waals surface area contributed by atoms with Gasteiger partial charge in [0.15, 0.2) is 0 Å². The number of amides is 2. The largest absolute Gasteiger partial charge is 0.342 e. The maximum absolute atomic E-state index is 13.1. The first kappa shape index (κ1) is 20.3. The van der Waals surface area contributed by atoms with Crippen molar-refractivity contribution in [1.82, 2.24) is 25.6 Å². The van der Waals surface area contributed by atoms with Crippen LogP contribution in [0.1, 0.15) is 51.1 Å². The van der Waals surface area contributed by atoms with Gasteiger partial charge in [-0.05, 0) is 43.2 Å². The molecule has 29 heavy (non-hydrogen) atoms. The van der Waals surface area contributed by atoms with Gasteiger partial charge in [-0.25, -0.2) is 0 Å². The summed E-state index contributed by atoms with van der Waals surface area (Å²) in [6.45, 7) is 5.86. The number of likely N-dealkylation sites (tertiary alicyclic amines) is 2. The van der Waals surface area contributed by atoms with E-state index in [4.69, 9.17) is 0 Å². The first-order valence-electron chi connectivity index (χ1n) is 11.1.